The van der Waals surface area contributed by atoms with Crippen LogP contribution in [0.4, 0.5) is 0 Å². The smallest absolute Gasteiger partial charge is 0.104 e. The Balaban J connectivity index is 2.38. The quantitative estimate of drug-likeness (QED) is 0.648. The molecular formula is C18H22N2Si. The van der Waals surface area contributed by atoms with Crippen LogP contribution >= 0.6 is 0 Å². The Bertz CT molecular complexity index is 795. The van der Waals surface area contributed by atoms with Crippen molar-refractivity contribution in [2.45, 2.75) is 33.5 Å². The molecule has 1 heterocycles. The van der Waals surface area contributed by atoms with Gasteiger partial charge < -0.3 is 0 Å². The van der Waals surface area contributed by atoms with Crippen LogP contribution < -0.4 is 5.32 Å². The van der Waals surface area contributed by atoms with Gasteiger partial charge in [0, 0.05) is 5.39 Å². The lowest BCUT2D eigenvalue weighted by molar-refractivity contribution is 0.921. The maximum absolute atomic E-state index is 4.99. The van der Waals surface area contributed by atoms with Gasteiger partial charge in [-0.1, -0.05) is 37.8 Å². The first kappa shape index (κ1) is 14.1. The summed E-state index contributed by atoms with van der Waals surface area (Å²) in [4.78, 5) is 0. The first-order valence-electron chi connectivity index (χ1n) is 7.44. The molecule has 0 saturated heterocycles. The van der Waals surface area contributed by atoms with Crippen LogP contribution in [0.1, 0.15) is 11.1 Å². The van der Waals surface area contributed by atoms with E-state index >= 15 is 0 Å². The minimum atomic E-state index is -1.48. The Kier molecular flexibility index (Phi) is 3.25. The van der Waals surface area contributed by atoms with Crippen molar-refractivity contribution in [1.82, 2.24) is 9.78 Å². The highest BCUT2D eigenvalue weighted by Gasteiger charge is 2.25. The molecule has 0 aliphatic rings. The zero-order chi connectivity index (χ0) is 15.2. The SMILES string of the molecule is Cc1cc2c([Si](C)(C)C)nn(-c3ccccc3)c2cc1C. The van der Waals surface area contributed by atoms with E-state index in [1.807, 2.05) is 6.07 Å². The second kappa shape index (κ2) is 4.85. The van der Waals surface area contributed by atoms with Crippen LogP contribution in [0.3, 0.4) is 0 Å². The highest BCUT2D eigenvalue weighted by atomic mass is 28.3. The van der Waals surface area contributed by atoms with E-state index in [1.54, 1.807) is 0 Å². The van der Waals surface area contributed by atoms with Crippen molar-refractivity contribution < 1.29 is 0 Å². The molecule has 2 aromatic carbocycles. The summed E-state index contributed by atoms with van der Waals surface area (Å²) in [5.74, 6) is 0. The Morgan fingerprint density at radius 2 is 1.52 bits per heavy atom. The van der Waals surface area contributed by atoms with Crippen molar-refractivity contribution in [1.29, 1.82) is 0 Å². The Morgan fingerprint density at radius 1 is 0.905 bits per heavy atom. The lowest BCUT2D eigenvalue weighted by Crippen LogP contribution is -2.39. The molecule has 3 rings (SSSR count). The first-order valence-corrected chi connectivity index (χ1v) is 10.9. The molecule has 3 aromatic rings. The van der Waals surface area contributed by atoms with Crippen LogP contribution in [0.2, 0.25) is 19.6 Å². The topological polar surface area (TPSA) is 17.8 Å². The van der Waals surface area contributed by atoms with Crippen LogP contribution in [0, 0.1) is 13.8 Å². The number of aromatic nitrogens is 2. The second-order valence-electron chi connectivity index (χ2n) is 6.80. The fourth-order valence-corrected chi connectivity index (χ4v) is 4.10. The number of fused-ring (bicyclic) bond motifs is 1. The Hall–Kier alpha value is -1.87. The van der Waals surface area contributed by atoms with Crippen molar-refractivity contribution in [3.8, 4) is 5.69 Å². The molecule has 108 valence electrons. The molecule has 0 N–H and O–H groups in total. The number of aryl methyl sites for hydroxylation is 2. The standard InChI is InChI=1S/C18H22N2Si/c1-13-11-16-17(12-14(13)2)20(15-9-7-6-8-10-15)19-18(16)21(3,4)5/h6-12H,1-5H3. The van der Waals surface area contributed by atoms with Gasteiger partial charge in [-0.3, -0.25) is 0 Å². The van der Waals surface area contributed by atoms with Gasteiger partial charge in [0.2, 0.25) is 0 Å². The van der Waals surface area contributed by atoms with Crippen LogP contribution in [0.25, 0.3) is 16.6 Å². The monoisotopic (exact) mass is 294 g/mol. The van der Waals surface area contributed by atoms with Crippen molar-refractivity contribution >= 4 is 24.3 Å². The molecule has 3 heteroatoms. The number of rotatable bonds is 2. The fourth-order valence-electron chi connectivity index (χ4n) is 2.69. The summed E-state index contributed by atoms with van der Waals surface area (Å²) in [5, 5.41) is 7.61. The largest absolute Gasteiger partial charge is 0.233 e. The lowest BCUT2D eigenvalue weighted by Gasteiger charge is -2.13. The van der Waals surface area contributed by atoms with Gasteiger partial charge in [-0.25, -0.2) is 4.68 Å². The van der Waals surface area contributed by atoms with Gasteiger partial charge in [-0.15, -0.1) is 0 Å². The van der Waals surface area contributed by atoms with Gasteiger partial charge in [0.1, 0.15) is 8.07 Å². The molecule has 0 unspecified atom stereocenters. The zero-order valence-corrected chi connectivity index (χ0v) is 14.4. The van der Waals surface area contributed by atoms with E-state index in [9.17, 15) is 0 Å². The molecule has 1 aromatic heterocycles. The zero-order valence-electron chi connectivity index (χ0n) is 13.4. The Morgan fingerprint density at radius 3 is 2.14 bits per heavy atom. The van der Waals surface area contributed by atoms with Crippen LogP contribution in [0.5, 0.6) is 0 Å². The van der Waals surface area contributed by atoms with Crippen molar-refractivity contribution in [3.63, 3.8) is 0 Å². The molecule has 0 spiro atoms. The molecule has 0 atom stereocenters. The van der Waals surface area contributed by atoms with Crippen molar-refractivity contribution in [2.24, 2.45) is 0 Å². The molecule has 0 amide bonds. The van der Waals surface area contributed by atoms with Gasteiger partial charge in [0.25, 0.3) is 0 Å². The van der Waals surface area contributed by atoms with E-state index in [0.717, 1.165) is 5.69 Å². The highest BCUT2D eigenvalue weighted by Crippen LogP contribution is 2.23. The third kappa shape index (κ3) is 2.42. The van der Waals surface area contributed by atoms with E-state index in [-0.39, 0.29) is 0 Å². The molecule has 2 nitrogen and oxygen atoms in total. The molecule has 0 aliphatic heterocycles. The first-order chi connectivity index (χ1) is 9.88. The summed E-state index contributed by atoms with van der Waals surface area (Å²) >= 11 is 0. The normalized spacial score (nSPS) is 12.0. The minimum Gasteiger partial charge on any atom is -0.233 e. The fraction of sp³-hybridized carbons (Fsp3) is 0.278. The van der Waals surface area contributed by atoms with Crippen LogP contribution in [0.15, 0.2) is 42.5 Å². The van der Waals surface area contributed by atoms with Gasteiger partial charge in [0.15, 0.2) is 0 Å². The summed E-state index contributed by atoms with van der Waals surface area (Å²) in [5.41, 5.74) is 5.02. The third-order valence-corrected chi connectivity index (χ3v) is 5.80. The van der Waals surface area contributed by atoms with E-state index in [0.29, 0.717) is 0 Å². The molecular weight excluding hydrogens is 272 g/mol. The summed E-state index contributed by atoms with van der Waals surface area (Å²) in [7, 11) is -1.48. The number of hydrogen-bond donors (Lipinski definition) is 0. The molecule has 0 bridgehead atoms. The van der Waals surface area contributed by atoms with E-state index in [4.69, 9.17) is 5.10 Å². The maximum Gasteiger partial charge on any atom is 0.104 e. The average molecular weight is 294 g/mol. The molecule has 0 radical (unpaired) electrons. The van der Waals surface area contributed by atoms with Crippen molar-refractivity contribution in [2.75, 3.05) is 0 Å². The Labute approximate surface area is 127 Å². The van der Waals surface area contributed by atoms with Gasteiger partial charge >= 0.3 is 0 Å². The average Bonchev–Trinajstić information content (AvgIpc) is 2.79. The van der Waals surface area contributed by atoms with Crippen LogP contribution in [-0.2, 0) is 0 Å². The summed E-state index contributed by atoms with van der Waals surface area (Å²) in [6, 6.07) is 15.0. The van der Waals surface area contributed by atoms with Gasteiger partial charge in [-0.2, -0.15) is 5.10 Å². The number of nitrogens with zero attached hydrogens (tertiary/aromatic N) is 2. The summed E-state index contributed by atoms with van der Waals surface area (Å²) in [6.45, 7) is 11.4. The predicted octanol–water partition coefficient (Wildman–Crippen LogP) is 4.19. The van der Waals surface area contributed by atoms with Gasteiger partial charge in [-0.05, 0) is 49.2 Å². The summed E-state index contributed by atoms with van der Waals surface area (Å²) in [6.07, 6.45) is 0. The van der Waals surface area contributed by atoms with E-state index < -0.39 is 8.07 Å². The summed E-state index contributed by atoms with van der Waals surface area (Å²) < 4.78 is 2.11. The maximum atomic E-state index is 4.99. The second-order valence-corrected chi connectivity index (χ2v) is 11.8. The molecule has 21 heavy (non-hydrogen) atoms. The molecule has 0 aliphatic carbocycles. The van der Waals surface area contributed by atoms with Gasteiger partial charge in [0.05, 0.1) is 16.5 Å². The minimum absolute atomic E-state index is 1.13. The predicted molar refractivity (Wildman–Crippen MR) is 93.5 cm³/mol. The lowest BCUT2D eigenvalue weighted by atomic mass is 10.1. The van der Waals surface area contributed by atoms with E-state index in [1.165, 1.54) is 27.3 Å². The number of benzene rings is 2. The van der Waals surface area contributed by atoms with Crippen molar-refractivity contribution in [3.05, 3.63) is 53.6 Å². The highest BCUT2D eigenvalue weighted by molar-refractivity contribution is 6.89. The number of hydrogen-bond acceptors (Lipinski definition) is 1. The van der Waals surface area contributed by atoms with E-state index in [2.05, 4.69) is 74.6 Å². The number of para-hydroxylation sites is 1. The molecule has 0 saturated carbocycles. The molecule has 0 fully saturated rings. The van der Waals surface area contributed by atoms with Crippen LogP contribution in [-0.4, -0.2) is 17.9 Å². The third-order valence-electron chi connectivity index (χ3n) is 4.01.